The van der Waals surface area contributed by atoms with Crippen molar-refractivity contribution in [2.75, 3.05) is 0 Å². The van der Waals surface area contributed by atoms with Gasteiger partial charge in [0.25, 0.3) is 0 Å². The maximum absolute atomic E-state index is 10.7. The number of amides is 1. The molecule has 0 aromatic carbocycles. The average Bonchev–Trinajstić information content (AvgIpc) is 2.15. The zero-order chi connectivity index (χ0) is 11.6. The van der Waals surface area contributed by atoms with E-state index in [9.17, 15) is 15.0 Å². The van der Waals surface area contributed by atoms with Crippen LogP contribution < -0.4 is 5.73 Å². The second-order valence-corrected chi connectivity index (χ2v) is 3.42. The van der Waals surface area contributed by atoms with Crippen LogP contribution in [0.25, 0.3) is 0 Å². The third kappa shape index (κ3) is 2.51. The molecule has 1 aromatic rings. The Labute approximate surface area is 87.6 Å². The number of aromatic nitrogens is 1. The molecule has 5 heteroatoms. The SMILES string of the molecule is Cc1ccc(C(O)C(O)C(N)=O)c(C)n1. The van der Waals surface area contributed by atoms with Crippen molar-refractivity contribution >= 4 is 5.91 Å². The number of hydrogen-bond acceptors (Lipinski definition) is 4. The van der Waals surface area contributed by atoms with Gasteiger partial charge in [0.05, 0.1) is 0 Å². The predicted octanol–water partition coefficient (Wildman–Crippen LogP) is -0.422. The Hall–Kier alpha value is -1.46. The Morgan fingerprint density at radius 2 is 2.00 bits per heavy atom. The van der Waals surface area contributed by atoms with Gasteiger partial charge in [-0.2, -0.15) is 0 Å². The first kappa shape index (κ1) is 11.6. The van der Waals surface area contributed by atoms with Crippen molar-refractivity contribution in [2.24, 2.45) is 5.73 Å². The van der Waals surface area contributed by atoms with Gasteiger partial charge in [0.1, 0.15) is 6.10 Å². The number of pyridine rings is 1. The van der Waals surface area contributed by atoms with E-state index in [4.69, 9.17) is 5.73 Å². The molecule has 0 radical (unpaired) electrons. The number of rotatable bonds is 3. The van der Waals surface area contributed by atoms with Gasteiger partial charge in [0.2, 0.25) is 5.91 Å². The summed E-state index contributed by atoms with van der Waals surface area (Å²) in [5.74, 6) is -0.956. The highest BCUT2D eigenvalue weighted by Gasteiger charge is 2.24. The van der Waals surface area contributed by atoms with Crippen molar-refractivity contribution in [1.82, 2.24) is 4.98 Å². The molecule has 15 heavy (non-hydrogen) atoms. The van der Waals surface area contributed by atoms with Crippen molar-refractivity contribution in [2.45, 2.75) is 26.1 Å². The molecule has 0 aliphatic rings. The Morgan fingerprint density at radius 3 is 2.47 bits per heavy atom. The molecule has 0 aliphatic heterocycles. The van der Waals surface area contributed by atoms with Gasteiger partial charge in [-0.15, -0.1) is 0 Å². The second kappa shape index (κ2) is 4.37. The number of nitrogens with two attached hydrogens (primary N) is 1. The number of primary amides is 1. The molecule has 1 amide bonds. The Kier molecular flexibility index (Phi) is 3.39. The highest BCUT2D eigenvalue weighted by atomic mass is 16.3. The van der Waals surface area contributed by atoms with Crippen molar-refractivity contribution in [3.05, 3.63) is 29.1 Å². The fourth-order valence-electron chi connectivity index (χ4n) is 1.34. The molecular weight excluding hydrogens is 196 g/mol. The Balaban J connectivity index is 3.01. The van der Waals surface area contributed by atoms with Crippen LogP contribution in [0.3, 0.4) is 0 Å². The van der Waals surface area contributed by atoms with E-state index in [-0.39, 0.29) is 0 Å². The van der Waals surface area contributed by atoms with Gasteiger partial charge in [-0.1, -0.05) is 6.07 Å². The van der Waals surface area contributed by atoms with Crippen molar-refractivity contribution in [1.29, 1.82) is 0 Å². The van der Waals surface area contributed by atoms with Crippen LogP contribution in [-0.2, 0) is 4.79 Å². The van der Waals surface area contributed by atoms with Crippen LogP contribution in [-0.4, -0.2) is 27.2 Å². The highest BCUT2D eigenvalue weighted by molar-refractivity contribution is 5.79. The topological polar surface area (TPSA) is 96.4 Å². The summed E-state index contributed by atoms with van der Waals surface area (Å²) in [5.41, 5.74) is 6.67. The van der Waals surface area contributed by atoms with Crippen LogP contribution in [0.15, 0.2) is 12.1 Å². The van der Waals surface area contributed by atoms with Gasteiger partial charge in [0.15, 0.2) is 6.10 Å². The first-order valence-corrected chi connectivity index (χ1v) is 4.53. The number of aliphatic hydroxyl groups excluding tert-OH is 2. The van der Waals surface area contributed by atoms with Gasteiger partial charge in [-0.3, -0.25) is 9.78 Å². The molecule has 5 nitrogen and oxygen atoms in total. The van der Waals surface area contributed by atoms with Gasteiger partial charge < -0.3 is 15.9 Å². The summed E-state index contributed by atoms with van der Waals surface area (Å²) in [6, 6.07) is 3.31. The molecular formula is C10H14N2O3. The Morgan fingerprint density at radius 1 is 1.40 bits per heavy atom. The van der Waals surface area contributed by atoms with E-state index in [1.807, 2.05) is 6.92 Å². The summed E-state index contributed by atoms with van der Waals surface area (Å²) in [7, 11) is 0. The van der Waals surface area contributed by atoms with E-state index in [0.29, 0.717) is 11.3 Å². The molecule has 0 fully saturated rings. The van der Waals surface area contributed by atoms with E-state index in [2.05, 4.69) is 4.98 Å². The summed E-state index contributed by atoms with van der Waals surface area (Å²) in [6.45, 7) is 3.51. The molecule has 82 valence electrons. The Bertz CT molecular complexity index is 379. The van der Waals surface area contributed by atoms with Crippen LogP contribution in [0.1, 0.15) is 23.1 Å². The number of aryl methyl sites for hydroxylation is 2. The fraction of sp³-hybridized carbons (Fsp3) is 0.400. The van der Waals surface area contributed by atoms with E-state index >= 15 is 0 Å². The van der Waals surface area contributed by atoms with Crippen LogP contribution in [0.4, 0.5) is 0 Å². The monoisotopic (exact) mass is 210 g/mol. The molecule has 1 aromatic heterocycles. The van der Waals surface area contributed by atoms with Gasteiger partial charge in [-0.25, -0.2) is 0 Å². The molecule has 0 saturated carbocycles. The van der Waals surface area contributed by atoms with E-state index in [1.54, 1.807) is 19.1 Å². The third-order valence-corrected chi connectivity index (χ3v) is 2.18. The second-order valence-electron chi connectivity index (χ2n) is 3.42. The van der Waals surface area contributed by atoms with Crippen molar-refractivity contribution in [3.8, 4) is 0 Å². The zero-order valence-electron chi connectivity index (χ0n) is 8.64. The van der Waals surface area contributed by atoms with E-state index in [1.165, 1.54) is 0 Å². The quantitative estimate of drug-likeness (QED) is 0.631. The maximum atomic E-state index is 10.7. The molecule has 0 bridgehead atoms. The van der Waals surface area contributed by atoms with Crippen LogP contribution in [0.2, 0.25) is 0 Å². The lowest BCUT2D eigenvalue weighted by atomic mass is 10.0. The predicted molar refractivity (Wildman–Crippen MR) is 53.9 cm³/mol. The summed E-state index contributed by atoms with van der Waals surface area (Å²) in [6.07, 6.45) is -2.93. The first-order chi connectivity index (χ1) is 6.93. The number of aliphatic hydroxyl groups is 2. The largest absolute Gasteiger partial charge is 0.385 e. The minimum Gasteiger partial charge on any atom is -0.385 e. The van der Waals surface area contributed by atoms with E-state index < -0.39 is 18.1 Å². The maximum Gasteiger partial charge on any atom is 0.249 e. The van der Waals surface area contributed by atoms with Gasteiger partial charge >= 0.3 is 0 Å². The summed E-state index contributed by atoms with van der Waals surface area (Å²) >= 11 is 0. The number of nitrogens with zero attached hydrogens (tertiary/aromatic N) is 1. The van der Waals surface area contributed by atoms with Crippen LogP contribution >= 0.6 is 0 Å². The minimum atomic E-state index is -1.60. The summed E-state index contributed by atoms with van der Waals surface area (Å²) in [4.78, 5) is 14.8. The average molecular weight is 210 g/mol. The zero-order valence-corrected chi connectivity index (χ0v) is 8.64. The normalized spacial score (nSPS) is 14.7. The smallest absolute Gasteiger partial charge is 0.249 e. The van der Waals surface area contributed by atoms with Crippen LogP contribution in [0.5, 0.6) is 0 Å². The molecule has 1 rings (SSSR count). The molecule has 2 atom stereocenters. The first-order valence-electron chi connectivity index (χ1n) is 4.53. The molecule has 0 saturated heterocycles. The lowest BCUT2D eigenvalue weighted by molar-refractivity contribution is -0.132. The van der Waals surface area contributed by atoms with Gasteiger partial charge in [-0.05, 0) is 19.9 Å². The minimum absolute atomic E-state index is 0.409. The number of carbonyl (C=O) groups excluding carboxylic acids is 1. The summed E-state index contributed by atoms with van der Waals surface area (Å²) < 4.78 is 0. The highest BCUT2D eigenvalue weighted by Crippen LogP contribution is 2.19. The third-order valence-electron chi connectivity index (χ3n) is 2.18. The molecule has 1 heterocycles. The molecule has 0 spiro atoms. The number of hydrogen-bond donors (Lipinski definition) is 3. The standard InChI is InChI=1S/C10H14N2O3/c1-5-3-4-7(6(2)12-5)8(13)9(14)10(11)15/h3-4,8-9,13-14H,1-2H3,(H2,11,15). The molecule has 4 N–H and O–H groups in total. The molecule has 0 aliphatic carbocycles. The summed E-state index contributed by atoms with van der Waals surface area (Å²) in [5, 5.41) is 18.9. The molecule has 2 unspecified atom stereocenters. The lowest BCUT2D eigenvalue weighted by Gasteiger charge is -2.16. The van der Waals surface area contributed by atoms with E-state index in [0.717, 1.165) is 5.69 Å². The van der Waals surface area contributed by atoms with Crippen LogP contribution in [0, 0.1) is 13.8 Å². The van der Waals surface area contributed by atoms with Crippen molar-refractivity contribution < 1.29 is 15.0 Å². The van der Waals surface area contributed by atoms with Gasteiger partial charge in [0, 0.05) is 17.0 Å². The number of carbonyl (C=O) groups is 1. The fourth-order valence-corrected chi connectivity index (χ4v) is 1.34. The van der Waals surface area contributed by atoms with Crippen molar-refractivity contribution in [3.63, 3.8) is 0 Å². The lowest BCUT2D eigenvalue weighted by Crippen LogP contribution is -2.34.